The summed E-state index contributed by atoms with van der Waals surface area (Å²) in [7, 11) is -2.20. The molecule has 3 aromatic rings. The van der Waals surface area contributed by atoms with E-state index in [2.05, 4.69) is 10.0 Å². The van der Waals surface area contributed by atoms with Gasteiger partial charge in [0.25, 0.3) is 15.9 Å². The number of nitrogens with zero attached hydrogens (tertiary/aromatic N) is 2. The number of carbonyl (C=O) groups is 2. The van der Waals surface area contributed by atoms with Gasteiger partial charge in [-0.25, -0.2) is 13.2 Å². The van der Waals surface area contributed by atoms with Crippen LogP contribution < -0.4 is 24.2 Å². The summed E-state index contributed by atoms with van der Waals surface area (Å²) < 4.78 is 45.3. The van der Waals surface area contributed by atoms with E-state index in [1.807, 2.05) is 6.92 Å². The molecule has 12 nitrogen and oxygen atoms in total. The molecule has 2 aromatic carbocycles. The van der Waals surface area contributed by atoms with Crippen LogP contribution in [0.5, 0.6) is 17.2 Å². The molecule has 224 valence electrons. The number of anilines is 2. The lowest BCUT2D eigenvalue weighted by Crippen LogP contribution is -2.50. The molecule has 0 bridgehead atoms. The molecule has 3 atom stereocenters. The summed E-state index contributed by atoms with van der Waals surface area (Å²) in [5.74, 6) is 0.770. The Morgan fingerprint density at radius 3 is 2.62 bits per heavy atom. The number of carbonyl (C=O) groups excluding carboxylic acids is 2. The number of aliphatic hydroxyl groups excluding tert-OH is 1. The lowest BCUT2D eigenvalue weighted by atomic mass is 9.99. The predicted octanol–water partition coefficient (Wildman–Crippen LogP) is 3.66. The third-order valence-corrected chi connectivity index (χ3v) is 9.88. The molecule has 2 aliphatic rings. The Balaban J connectivity index is 1.38. The van der Waals surface area contributed by atoms with E-state index in [0.29, 0.717) is 17.2 Å². The molecule has 0 unspecified atom stereocenters. The van der Waals surface area contributed by atoms with Gasteiger partial charge in [0, 0.05) is 37.0 Å². The van der Waals surface area contributed by atoms with Gasteiger partial charge in [-0.3, -0.25) is 9.52 Å². The molecule has 1 aromatic heterocycles. The summed E-state index contributed by atoms with van der Waals surface area (Å²) in [4.78, 5) is 29.8. The molecule has 0 spiro atoms. The second-order valence-corrected chi connectivity index (χ2v) is 13.1. The van der Waals surface area contributed by atoms with Gasteiger partial charge in [-0.1, -0.05) is 13.0 Å². The van der Waals surface area contributed by atoms with Crippen LogP contribution in [0.3, 0.4) is 0 Å². The first-order valence-electron chi connectivity index (χ1n) is 13.3. The molecule has 0 aliphatic carbocycles. The summed E-state index contributed by atoms with van der Waals surface area (Å²) in [6.07, 6.45) is -0.536. The van der Waals surface area contributed by atoms with E-state index in [1.54, 1.807) is 54.6 Å². The zero-order valence-electron chi connectivity index (χ0n) is 23.3. The molecule has 5 rings (SSSR count). The van der Waals surface area contributed by atoms with Crippen LogP contribution in [0.4, 0.5) is 16.2 Å². The Morgan fingerprint density at radius 2 is 1.88 bits per heavy atom. The standard InChI is InChI=1S/C28H32N4O8S2/c1-17-13-32(18(2)15-33)27(34)21-11-20(30-42(36,37)26-5-4-10-41-26)7-8-22(21)40-25(17)14-31(3)28(35)29-19-6-9-23-24(12-19)39-16-38-23/h4-12,17-18,25,30,33H,13-16H2,1-3H3,(H,29,35)/t17-,18-,25+/m0/s1. The monoisotopic (exact) mass is 616 g/mol. The normalized spacial score (nSPS) is 18.8. The number of sulfonamides is 1. The average molecular weight is 617 g/mol. The number of benzene rings is 2. The van der Waals surface area contributed by atoms with Crippen LogP contribution in [0.1, 0.15) is 24.2 Å². The number of urea groups is 1. The number of nitrogens with one attached hydrogen (secondary N) is 2. The maximum atomic E-state index is 13.7. The predicted molar refractivity (Wildman–Crippen MR) is 157 cm³/mol. The molecule has 3 amide bonds. The van der Waals surface area contributed by atoms with Crippen molar-refractivity contribution < 1.29 is 37.3 Å². The number of likely N-dealkylation sites (N-methyl/N-ethyl adjacent to an activating group) is 1. The highest BCUT2D eigenvalue weighted by Gasteiger charge is 2.34. The van der Waals surface area contributed by atoms with E-state index in [1.165, 1.54) is 23.1 Å². The quantitative estimate of drug-likeness (QED) is 0.348. The van der Waals surface area contributed by atoms with Crippen molar-refractivity contribution in [2.45, 2.75) is 30.2 Å². The fourth-order valence-corrected chi connectivity index (χ4v) is 6.71. The van der Waals surface area contributed by atoms with Gasteiger partial charge in [0.15, 0.2) is 11.5 Å². The van der Waals surface area contributed by atoms with Gasteiger partial charge < -0.3 is 34.4 Å². The number of hydrogen-bond donors (Lipinski definition) is 3. The number of fused-ring (bicyclic) bond motifs is 2. The summed E-state index contributed by atoms with van der Waals surface area (Å²) in [6, 6.07) is 11.9. The van der Waals surface area contributed by atoms with Crippen molar-refractivity contribution >= 4 is 44.7 Å². The van der Waals surface area contributed by atoms with Crippen LogP contribution in [-0.2, 0) is 10.0 Å². The summed E-state index contributed by atoms with van der Waals surface area (Å²) in [6.45, 7) is 3.93. The Morgan fingerprint density at radius 1 is 1.14 bits per heavy atom. The average Bonchev–Trinajstić information content (AvgIpc) is 3.67. The van der Waals surface area contributed by atoms with Crippen LogP contribution in [-0.4, -0.2) is 80.9 Å². The molecule has 2 aliphatic heterocycles. The van der Waals surface area contributed by atoms with Gasteiger partial charge in [-0.15, -0.1) is 11.3 Å². The maximum absolute atomic E-state index is 13.7. The highest BCUT2D eigenvalue weighted by Crippen LogP contribution is 2.35. The number of aliphatic hydroxyl groups is 1. The summed E-state index contributed by atoms with van der Waals surface area (Å²) >= 11 is 1.08. The first-order valence-corrected chi connectivity index (χ1v) is 15.6. The van der Waals surface area contributed by atoms with Crippen molar-refractivity contribution in [2.24, 2.45) is 5.92 Å². The van der Waals surface area contributed by atoms with Gasteiger partial charge in [-0.2, -0.15) is 0 Å². The van der Waals surface area contributed by atoms with Crippen molar-refractivity contribution in [1.82, 2.24) is 9.80 Å². The van der Waals surface area contributed by atoms with Crippen LogP contribution in [0.25, 0.3) is 0 Å². The van der Waals surface area contributed by atoms with Gasteiger partial charge in [0.2, 0.25) is 6.79 Å². The minimum atomic E-state index is -3.84. The van der Waals surface area contributed by atoms with Crippen molar-refractivity contribution in [3.05, 3.63) is 59.5 Å². The van der Waals surface area contributed by atoms with E-state index in [-0.39, 0.29) is 59.6 Å². The van der Waals surface area contributed by atoms with Crippen molar-refractivity contribution in [3.63, 3.8) is 0 Å². The van der Waals surface area contributed by atoms with Crippen LogP contribution in [0.2, 0.25) is 0 Å². The smallest absolute Gasteiger partial charge is 0.321 e. The summed E-state index contributed by atoms with van der Waals surface area (Å²) in [5, 5.41) is 14.4. The SMILES string of the molecule is C[C@H]1CN([C@@H](C)CO)C(=O)c2cc(NS(=O)(=O)c3cccs3)ccc2O[C@@H]1CN(C)C(=O)Nc1ccc2c(c1)OCO2. The first-order chi connectivity index (χ1) is 20.1. The van der Waals surface area contributed by atoms with Gasteiger partial charge in [0.05, 0.1) is 24.8 Å². The number of rotatable bonds is 8. The van der Waals surface area contributed by atoms with E-state index in [4.69, 9.17) is 14.2 Å². The topological polar surface area (TPSA) is 147 Å². The second-order valence-electron chi connectivity index (χ2n) is 10.2. The third-order valence-electron chi connectivity index (χ3n) is 7.10. The lowest BCUT2D eigenvalue weighted by molar-refractivity contribution is 0.0371. The van der Waals surface area contributed by atoms with E-state index in [0.717, 1.165) is 11.3 Å². The highest BCUT2D eigenvalue weighted by molar-refractivity contribution is 7.94. The Labute approximate surface area is 247 Å². The van der Waals surface area contributed by atoms with Crippen LogP contribution >= 0.6 is 11.3 Å². The number of amides is 3. The molecule has 0 fully saturated rings. The molecular weight excluding hydrogens is 584 g/mol. The molecular formula is C28H32N4O8S2. The third kappa shape index (κ3) is 6.25. The minimum absolute atomic E-state index is 0.126. The second kappa shape index (κ2) is 12.1. The number of thiophene rings is 1. The zero-order chi connectivity index (χ0) is 30.0. The van der Waals surface area contributed by atoms with Crippen molar-refractivity contribution in [2.75, 3.05) is 43.6 Å². The molecule has 14 heteroatoms. The van der Waals surface area contributed by atoms with Crippen LogP contribution in [0.15, 0.2) is 58.1 Å². The largest absolute Gasteiger partial charge is 0.487 e. The van der Waals surface area contributed by atoms with Crippen LogP contribution in [0, 0.1) is 5.92 Å². The molecule has 42 heavy (non-hydrogen) atoms. The van der Waals surface area contributed by atoms with E-state index in [9.17, 15) is 23.1 Å². The molecule has 3 heterocycles. The molecule has 0 radical (unpaired) electrons. The van der Waals surface area contributed by atoms with E-state index >= 15 is 0 Å². The fourth-order valence-electron chi connectivity index (χ4n) is 4.67. The maximum Gasteiger partial charge on any atom is 0.321 e. The minimum Gasteiger partial charge on any atom is -0.487 e. The fraction of sp³-hybridized carbons (Fsp3) is 0.357. The van der Waals surface area contributed by atoms with Gasteiger partial charge in [0.1, 0.15) is 16.1 Å². The molecule has 3 N–H and O–H groups in total. The first kappa shape index (κ1) is 29.5. The molecule has 0 saturated carbocycles. The van der Waals surface area contributed by atoms with E-state index < -0.39 is 28.1 Å². The Bertz CT molecular complexity index is 1560. The molecule has 0 saturated heterocycles. The number of ether oxygens (including phenoxy) is 3. The Hall–Kier alpha value is -4.01. The Kier molecular flexibility index (Phi) is 8.48. The number of hydrogen-bond acceptors (Lipinski definition) is 9. The highest BCUT2D eigenvalue weighted by atomic mass is 32.2. The lowest BCUT2D eigenvalue weighted by Gasteiger charge is -2.38. The van der Waals surface area contributed by atoms with Gasteiger partial charge in [-0.05, 0) is 48.7 Å². The summed E-state index contributed by atoms with van der Waals surface area (Å²) in [5.41, 5.74) is 0.881. The van der Waals surface area contributed by atoms with Crippen molar-refractivity contribution in [1.29, 1.82) is 0 Å². The van der Waals surface area contributed by atoms with Gasteiger partial charge >= 0.3 is 6.03 Å². The zero-order valence-corrected chi connectivity index (χ0v) is 24.9. The van der Waals surface area contributed by atoms with Crippen molar-refractivity contribution in [3.8, 4) is 17.2 Å².